The number of amides is 2. The van der Waals surface area contributed by atoms with E-state index in [2.05, 4.69) is 10.6 Å². The van der Waals surface area contributed by atoms with Gasteiger partial charge in [-0.25, -0.2) is 9.59 Å². The molecule has 8 heteroatoms. The van der Waals surface area contributed by atoms with Crippen molar-refractivity contribution in [2.24, 2.45) is 0 Å². The Morgan fingerprint density at radius 1 is 0.933 bits per heavy atom. The van der Waals surface area contributed by atoms with E-state index in [1.807, 2.05) is 24.3 Å². The van der Waals surface area contributed by atoms with Crippen LogP contribution < -0.4 is 10.6 Å². The SMILES string of the molecule is CCOC(=O)[C@H](CC(=O)N[C@H](CO)c1ccccc1)NC(=O)OCc1ccccc1. The maximum atomic E-state index is 12.4. The van der Waals surface area contributed by atoms with Gasteiger partial charge in [-0.3, -0.25) is 4.79 Å². The molecule has 0 fully saturated rings. The predicted octanol–water partition coefficient (Wildman–Crippen LogP) is 2.08. The van der Waals surface area contributed by atoms with Gasteiger partial charge in [0.2, 0.25) is 5.91 Å². The third-order valence-electron chi connectivity index (χ3n) is 4.19. The van der Waals surface area contributed by atoms with Crippen LogP contribution >= 0.6 is 0 Å². The average Bonchev–Trinajstić information content (AvgIpc) is 2.77. The van der Waals surface area contributed by atoms with Gasteiger partial charge >= 0.3 is 12.1 Å². The standard InChI is InChI=1S/C22H26N2O6/c1-2-29-21(27)18(24-22(28)30-15-16-9-5-3-6-10-16)13-20(26)23-19(14-25)17-11-7-4-8-12-17/h3-12,18-19,25H,2,13-15H2,1H3,(H,23,26)(H,24,28)/t18-,19+/m0/s1. The first-order valence-electron chi connectivity index (χ1n) is 9.62. The molecule has 0 saturated heterocycles. The molecule has 0 aromatic heterocycles. The highest BCUT2D eigenvalue weighted by atomic mass is 16.6. The Labute approximate surface area is 175 Å². The molecule has 0 aliphatic carbocycles. The van der Waals surface area contributed by atoms with Gasteiger partial charge in [-0.2, -0.15) is 0 Å². The van der Waals surface area contributed by atoms with Crippen LogP contribution in [0.15, 0.2) is 60.7 Å². The van der Waals surface area contributed by atoms with Gasteiger partial charge in [-0.1, -0.05) is 60.7 Å². The monoisotopic (exact) mass is 414 g/mol. The summed E-state index contributed by atoms with van der Waals surface area (Å²) in [6, 6.07) is 16.1. The molecule has 0 bridgehead atoms. The fourth-order valence-electron chi connectivity index (χ4n) is 2.70. The highest BCUT2D eigenvalue weighted by Crippen LogP contribution is 2.12. The fourth-order valence-corrected chi connectivity index (χ4v) is 2.70. The number of aliphatic hydroxyl groups excluding tert-OH is 1. The molecule has 8 nitrogen and oxygen atoms in total. The first-order chi connectivity index (χ1) is 14.5. The summed E-state index contributed by atoms with van der Waals surface area (Å²) in [6.45, 7) is 1.43. The minimum absolute atomic E-state index is 0.0228. The summed E-state index contributed by atoms with van der Waals surface area (Å²) in [6.07, 6.45) is -1.20. The molecule has 0 unspecified atom stereocenters. The molecule has 0 heterocycles. The van der Waals surface area contributed by atoms with Gasteiger partial charge in [0.1, 0.15) is 12.6 Å². The van der Waals surface area contributed by atoms with E-state index in [0.717, 1.165) is 11.1 Å². The smallest absolute Gasteiger partial charge is 0.408 e. The molecular weight excluding hydrogens is 388 g/mol. The van der Waals surface area contributed by atoms with Gasteiger partial charge in [-0.15, -0.1) is 0 Å². The highest BCUT2D eigenvalue weighted by molar-refractivity contribution is 5.88. The number of esters is 1. The Morgan fingerprint density at radius 2 is 1.57 bits per heavy atom. The molecule has 0 radical (unpaired) electrons. The van der Waals surface area contributed by atoms with Gasteiger partial charge in [0.25, 0.3) is 0 Å². The molecular formula is C22H26N2O6. The molecule has 2 rings (SSSR count). The zero-order valence-corrected chi connectivity index (χ0v) is 16.7. The van der Waals surface area contributed by atoms with E-state index in [0.29, 0.717) is 0 Å². The second-order valence-electron chi connectivity index (χ2n) is 6.43. The lowest BCUT2D eigenvalue weighted by molar-refractivity contribution is -0.147. The number of benzene rings is 2. The van der Waals surface area contributed by atoms with Gasteiger partial charge in [0, 0.05) is 0 Å². The summed E-state index contributed by atoms with van der Waals surface area (Å²) >= 11 is 0. The van der Waals surface area contributed by atoms with Crippen molar-refractivity contribution < 1.29 is 29.0 Å². The molecule has 0 saturated carbocycles. The second kappa shape index (κ2) is 12.2. The molecule has 2 aromatic carbocycles. The van der Waals surface area contributed by atoms with E-state index in [1.54, 1.807) is 43.3 Å². The number of rotatable bonds is 10. The summed E-state index contributed by atoms with van der Waals surface area (Å²) < 4.78 is 10.1. The molecule has 30 heavy (non-hydrogen) atoms. The van der Waals surface area contributed by atoms with Crippen molar-refractivity contribution in [3.63, 3.8) is 0 Å². The van der Waals surface area contributed by atoms with E-state index in [9.17, 15) is 19.5 Å². The first-order valence-corrected chi connectivity index (χ1v) is 9.62. The van der Waals surface area contributed by atoms with Crippen molar-refractivity contribution >= 4 is 18.0 Å². The van der Waals surface area contributed by atoms with Crippen LogP contribution in [0, 0.1) is 0 Å². The minimum atomic E-state index is -1.22. The van der Waals surface area contributed by atoms with Gasteiger partial charge in [-0.05, 0) is 18.1 Å². The van der Waals surface area contributed by atoms with E-state index in [-0.39, 0.29) is 26.2 Å². The van der Waals surface area contributed by atoms with Crippen LogP contribution in [0.25, 0.3) is 0 Å². The van der Waals surface area contributed by atoms with E-state index in [4.69, 9.17) is 9.47 Å². The van der Waals surface area contributed by atoms with Crippen molar-refractivity contribution in [3.05, 3.63) is 71.8 Å². The molecule has 0 spiro atoms. The van der Waals surface area contributed by atoms with E-state index >= 15 is 0 Å². The molecule has 2 atom stereocenters. The van der Waals surface area contributed by atoms with Gasteiger partial charge < -0.3 is 25.2 Å². The second-order valence-corrected chi connectivity index (χ2v) is 6.43. The number of hydrogen-bond acceptors (Lipinski definition) is 6. The van der Waals surface area contributed by atoms with E-state index < -0.39 is 30.1 Å². The number of aliphatic hydroxyl groups is 1. The molecule has 2 amide bonds. The zero-order chi connectivity index (χ0) is 21.8. The molecule has 0 aliphatic heterocycles. The molecule has 160 valence electrons. The Bertz CT molecular complexity index is 813. The maximum Gasteiger partial charge on any atom is 0.408 e. The normalized spacial score (nSPS) is 12.3. The number of nitrogens with one attached hydrogen (secondary N) is 2. The van der Waals surface area contributed by atoms with E-state index in [1.165, 1.54) is 0 Å². The summed E-state index contributed by atoms with van der Waals surface area (Å²) in [5.41, 5.74) is 1.50. The van der Waals surface area contributed by atoms with Crippen molar-refractivity contribution in [2.75, 3.05) is 13.2 Å². The predicted molar refractivity (Wildman–Crippen MR) is 109 cm³/mol. The molecule has 0 aliphatic rings. The van der Waals surface area contributed by atoms with Crippen LogP contribution in [-0.4, -0.2) is 42.3 Å². The average molecular weight is 414 g/mol. The van der Waals surface area contributed by atoms with Crippen LogP contribution in [0.5, 0.6) is 0 Å². The Balaban J connectivity index is 1.95. The number of carbonyl (C=O) groups excluding carboxylic acids is 3. The number of carbonyl (C=O) groups is 3. The summed E-state index contributed by atoms with van der Waals surface area (Å²) in [5.74, 6) is -1.27. The Kier molecular flexibility index (Phi) is 9.33. The highest BCUT2D eigenvalue weighted by Gasteiger charge is 2.27. The quantitative estimate of drug-likeness (QED) is 0.513. The maximum absolute atomic E-state index is 12.4. The topological polar surface area (TPSA) is 114 Å². The van der Waals surface area contributed by atoms with Crippen LogP contribution in [0.4, 0.5) is 4.79 Å². The number of ether oxygens (including phenoxy) is 2. The van der Waals surface area contributed by atoms with Crippen molar-refractivity contribution in [1.29, 1.82) is 0 Å². The van der Waals surface area contributed by atoms with Crippen LogP contribution in [-0.2, 0) is 25.7 Å². The van der Waals surface area contributed by atoms with Crippen LogP contribution in [0.2, 0.25) is 0 Å². The summed E-state index contributed by atoms with van der Waals surface area (Å²) in [7, 11) is 0. The third kappa shape index (κ3) is 7.56. The number of alkyl carbamates (subject to hydrolysis) is 1. The van der Waals surface area contributed by atoms with Crippen molar-refractivity contribution in [1.82, 2.24) is 10.6 Å². The molecule has 2 aromatic rings. The summed E-state index contributed by atoms with van der Waals surface area (Å²) in [5, 5.41) is 14.6. The third-order valence-corrected chi connectivity index (χ3v) is 4.19. The Hall–Kier alpha value is -3.39. The van der Waals surface area contributed by atoms with Crippen molar-refractivity contribution in [2.45, 2.75) is 32.0 Å². The molecule has 3 N–H and O–H groups in total. The van der Waals surface area contributed by atoms with Crippen LogP contribution in [0.3, 0.4) is 0 Å². The van der Waals surface area contributed by atoms with Crippen LogP contribution in [0.1, 0.15) is 30.5 Å². The summed E-state index contributed by atoms with van der Waals surface area (Å²) in [4.78, 5) is 36.7. The zero-order valence-electron chi connectivity index (χ0n) is 16.7. The Morgan fingerprint density at radius 3 is 2.17 bits per heavy atom. The lowest BCUT2D eigenvalue weighted by Gasteiger charge is -2.20. The number of hydrogen-bond donors (Lipinski definition) is 3. The minimum Gasteiger partial charge on any atom is -0.464 e. The van der Waals surface area contributed by atoms with Gasteiger partial charge in [0.15, 0.2) is 0 Å². The van der Waals surface area contributed by atoms with Gasteiger partial charge in [0.05, 0.1) is 25.7 Å². The largest absolute Gasteiger partial charge is 0.464 e. The lowest BCUT2D eigenvalue weighted by atomic mass is 10.1. The first kappa shape index (κ1) is 22.9. The lowest BCUT2D eigenvalue weighted by Crippen LogP contribution is -2.45. The fraction of sp³-hybridized carbons (Fsp3) is 0.318. The van der Waals surface area contributed by atoms with Crippen molar-refractivity contribution in [3.8, 4) is 0 Å².